The number of hydrogen-bond donors (Lipinski definition) is 1. The minimum atomic E-state index is -0.417. The van der Waals surface area contributed by atoms with Gasteiger partial charge in [0.05, 0.1) is 6.10 Å². The summed E-state index contributed by atoms with van der Waals surface area (Å²) in [6, 6.07) is 10.0. The first-order valence-electron chi connectivity index (χ1n) is 5.32. The van der Waals surface area contributed by atoms with Crippen LogP contribution in [0.3, 0.4) is 0 Å². The van der Waals surface area contributed by atoms with Crippen LogP contribution in [0, 0.1) is 0 Å². The number of benzene rings is 1. The average molecular weight is 376 g/mol. The zero-order valence-electron chi connectivity index (χ0n) is 9.07. The quantitative estimate of drug-likeness (QED) is 0.802. The van der Waals surface area contributed by atoms with Crippen molar-refractivity contribution in [2.24, 2.45) is 0 Å². The number of thiophene rings is 1. The van der Waals surface area contributed by atoms with Crippen LogP contribution in [0.15, 0.2) is 44.7 Å². The molecule has 2 rings (SSSR count). The van der Waals surface area contributed by atoms with Crippen molar-refractivity contribution in [1.29, 1.82) is 0 Å². The highest BCUT2D eigenvalue weighted by Gasteiger charge is 2.11. The highest BCUT2D eigenvalue weighted by Crippen LogP contribution is 2.29. The van der Waals surface area contributed by atoms with Gasteiger partial charge in [0, 0.05) is 13.8 Å². The largest absolute Gasteiger partial charge is 0.388 e. The predicted molar refractivity (Wildman–Crippen MR) is 79.4 cm³/mol. The molecule has 1 unspecified atom stereocenters. The number of aliphatic hydroxyl groups excluding tert-OH is 1. The second-order valence-corrected chi connectivity index (χ2v) is 6.60. The Bertz CT molecular complexity index is 482. The first-order valence-corrected chi connectivity index (χ1v) is 7.79. The van der Waals surface area contributed by atoms with Crippen LogP contribution in [-0.2, 0) is 6.42 Å². The summed E-state index contributed by atoms with van der Waals surface area (Å²) in [5.41, 5.74) is 0.949. The van der Waals surface area contributed by atoms with Gasteiger partial charge in [0.15, 0.2) is 0 Å². The van der Waals surface area contributed by atoms with E-state index in [1.165, 1.54) is 4.88 Å². The summed E-state index contributed by atoms with van der Waals surface area (Å²) < 4.78 is 1.96. The molecule has 2 aromatic rings. The Hall–Kier alpha value is -0.160. The molecule has 0 amide bonds. The van der Waals surface area contributed by atoms with Crippen molar-refractivity contribution in [2.75, 3.05) is 0 Å². The fourth-order valence-electron chi connectivity index (χ4n) is 1.66. The van der Waals surface area contributed by atoms with Gasteiger partial charge in [0.2, 0.25) is 0 Å². The summed E-state index contributed by atoms with van der Waals surface area (Å²) in [6.07, 6.45) is 1.25. The molecular formula is C13H12Br2OS. The van der Waals surface area contributed by atoms with Crippen molar-refractivity contribution < 1.29 is 5.11 Å². The monoisotopic (exact) mass is 374 g/mol. The zero-order valence-corrected chi connectivity index (χ0v) is 13.1. The van der Waals surface area contributed by atoms with Crippen LogP contribution < -0.4 is 0 Å². The Morgan fingerprint density at radius 1 is 1.24 bits per heavy atom. The molecule has 0 spiro atoms. The molecule has 0 bridgehead atoms. The Labute approximate surface area is 122 Å². The van der Waals surface area contributed by atoms with Crippen molar-refractivity contribution in [3.05, 3.63) is 55.1 Å². The molecule has 1 aromatic carbocycles. The van der Waals surface area contributed by atoms with Gasteiger partial charge in [-0.15, -0.1) is 11.3 Å². The van der Waals surface area contributed by atoms with Gasteiger partial charge in [-0.2, -0.15) is 0 Å². The van der Waals surface area contributed by atoms with Crippen molar-refractivity contribution in [3.8, 4) is 0 Å². The minimum absolute atomic E-state index is 0.417. The third kappa shape index (κ3) is 3.65. The molecule has 0 radical (unpaired) electrons. The van der Waals surface area contributed by atoms with Gasteiger partial charge in [-0.1, -0.05) is 44.0 Å². The third-order valence-corrected chi connectivity index (χ3v) is 4.68. The van der Waals surface area contributed by atoms with Crippen molar-refractivity contribution in [2.45, 2.75) is 18.9 Å². The number of halogens is 2. The average Bonchev–Trinajstić information content (AvgIpc) is 2.78. The molecule has 1 heterocycles. The summed E-state index contributed by atoms with van der Waals surface area (Å²) in [6.45, 7) is 0. The van der Waals surface area contributed by atoms with Crippen LogP contribution in [0.1, 0.15) is 23.0 Å². The number of aryl methyl sites for hydroxylation is 1. The molecule has 0 aliphatic carbocycles. The second kappa shape index (κ2) is 6.14. The van der Waals surface area contributed by atoms with E-state index in [9.17, 15) is 5.11 Å². The van der Waals surface area contributed by atoms with Gasteiger partial charge < -0.3 is 5.11 Å². The summed E-state index contributed by atoms with van der Waals surface area (Å²) >= 11 is 8.62. The highest BCUT2D eigenvalue weighted by molar-refractivity contribution is 9.11. The third-order valence-electron chi connectivity index (χ3n) is 2.57. The molecule has 0 aliphatic heterocycles. The molecule has 90 valence electrons. The second-order valence-electron chi connectivity index (χ2n) is 3.80. The van der Waals surface area contributed by atoms with Gasteiger partial charge in [0.1, 0.15) is 0 Å². The Morgan fingerprint density at radius 2 is 2.06 bits per heavy atom. The van der Waals surface area contributed by atoms with Crippen LogP contribution >= 0.6 is 43.2 Å². The predicted octanol–water partition coefficient (Wildman–Crippen LogP) is 4.94. The SMILES string of the molecule is OC(CCc1cccs1)c1ccc(Br)cc1Br. The Kier molecular flexibility index (Phi) is 4.79. The van der Waals surface area contributed by atoms with Crippen LogP contribution in [-0.4, -0.2) is 5.11 Å². The lowest BCUT2D eigenvalue weighted by Crippen LogP contribution is -2.00. The molecule has 1 atom stereocenters. The molecule has 0 aliphatic rings. The maximum Gasteiger partial charge on any atom is 0.0804 e. The Balaban J connectivity index is 2.01. The van der Waals surface area contributed by atoms with Crippen LogP contribution in [0.5, 0.6) is 0 Å². The fourth-order valence-corrected chi connectivity index (χ4v) is 3.70. The maximum atomic E-state index is 10.2. The number of rotatable bonds is 4. The summed E-state index contributed by atoms with van der Waals surface area (Å²) in [7, 11) is 0. The lowest BCUT2D eigenvalue weighted by atomic mass is 10.0. The molecule has 0 fully saturated rings. The first-order chi connectivity index (χ1) is 8.16. The topological polar surface area (TPSA) is 20.2 Å². The molecule has 1 nitrogen and oxygen atoms in total. The minimum Gasteiger partial charge on any atom is -0.388 e. The van der Waals surface area contributed by atoms with Gasteiger partial charge in [-0.05, 0) is 42.0 Å². The van der Waals surface area contributed by atoms with Gasteiger partial charge in [-0.3, -0.25) is 0 Å². The molecule has 17 heavy (non-hydrogen) atoms. The smallest absolute Gasteiger partial charge is 0.0804 e. The van der Waals surface area contributed by atoms with E-state index in [4.69, 9.17) is 0 Å². The van der Waals surface area contributed by atoms with E-state index in [-0.39, 0.29) is 0 Å². The van der Waals surface area contributed by atoms with Crippen LogP contribution in [0.4, 0.5) is 0 Å². The molecule has 1 aromatic heterocycles. The van der Waals surface area contributed by atoms with E-state index in [1.54, 1.807) is 11.3 Å². The van der Waals surface area contributed by atoms with E-state index < -0.39 is 6.10 Å². The van der Waals surface area contributed by atoms with Crippen molar-refractivity contribution in [1.82, 2.24) is 0 Å². The van der Waals surface area contributed by atoms with Gasteiger partial charge >= 0.3 is 0 Å². The summed E-state index contributed by atoms with van der Waals surface area (Å²) in [5, 5.41) is 12.2. The summed E-state index contributed by atoms with van der Waals surface area (Å²) in [4.78, 5) is 1.32. The molecule has 0 saturated carbocycles. The zero-order chi connectivity index (χ0) is 12.3. The van der Waals surface area contributed by atoms with Crippen LogP contribution in [0.2, 0.25) is 0 Å². The lowest BCUT2D eigenvalue weighted by Gasteiger charge is -2.12. The maximum absolute atomic E-state index is 10.2. The van der Waals surface area contributed by atoms with E-state index in [2.05, 4.69) is 43.3 Å². The molecule has 1 N–H and O–H groups in total. The Morgan fingerprint density at radius 3 is 2.71 bits per heavy atom. The van der Waals surface area contributed by atoms with Gasteiger partial charge in [0.25, 0.3) is 0 Å². The molecule has 4 heteroatoms. The van der Waals surface area contributed by atoms with E-state index in [0.717, 1.165) is 27.4 Å². The van der Waals surface area contributed by atoms with Crippen molar-refractivity contribution >= 4 is 43.2 Å². The first kappa shape index (κ1) is 13.3. The number of hydrogen-bond acceptors (Lipinski definition) is 2. The van der Waals surface area contributed by atoms with E-state index in [1.807, 2.05) is 24.3 Å². The molecular weight excluding hydrogens is 364 g/mol. The summed E-state index contributed by atoms with van der Waals surface area (Å²) in [5.74, 6) is 0. The lowest BCUT2D eigenvalue weighted by molar-refractivity contribution is 0.167. The molecule has 0 saturated heterocycles. The highest BCUT2D eigenvalue weighted by atomic mass is 79.9. The van der Waals surface area contributed by atoms with Crippen molar-refractivity contribution in [3.63, 3.8) is 0 Å². The van der Waals surface area contributed by atoms with Gasteiger partial charge in [-0.25, -0.2) is 0 Å². The standard InChI is InChI=1S/C13H12Br2OS/c14-9-3-5-11(12(15)8-9)13(16)6-4-10-2-1-7-17-10/h1-3,5,7-8,13,16H,4,6H2. The normalized spacial score (nSPS) is 12.6. The van der Waals surface area contributed by atoms with E-state index >= 15 is 0 Å². The number of aliphatic hydroxyl groups is 1. The fraction of sp³-hybridized carbons (Fsp3) is 0.231. The van der Waals surface area contributed by atoms with Crippen LogP contribution in [0.25, 0.3) is 0 Å². The van der Waals surface area contributed by atoms with E-state index in [0.29, 0.717) is 0 Å².